The summed E-state index contributed by atoms with van der Waals surface area (Å²) in [5.41, 5.74) is 1.66. The molecule has 0 radical (unpaired) electrons. The van der Waals surface area contributed by atoms with Crippen LogP contribution in [0.15, 0.2) is 42.5 Å². The molecule has 2 aromatic rings. The van der Waals surface area contributed by atoms with E-state index in [1.165, 1.54) is 11.1 Å². The maximum Gasteiger partial charge on any atom is 0.174 e. The summed E-state index contributed by atoms with van der Waals surface area (Å²) in [4.78, 5) is 15.4. The summed E-state index contributed by atoms with van der Waals surface area (Å²) < 4.78 is 11.8. The van der Waals surface area contributed by atoms with Gasteiger partial charge in [-0.25, -0.2) is 0 Å². The molecule has 1 N–H and O–H groups in total. The molecular weight excluding hydrogens is 366 g/mol. The third-order valence-electron chi connectivity index (χ3n) is 8.58. The molecule has 2 heterocycles. The van der Waals surface area contributed by atoms with Crippen LogP contribution in [0.3, 0.4) is 0 Å². The molecule has 2 aliphatic heterocycles. The highest BCUT2D eigenvalue weighted by Gasteiger charge is 2.89. The lowest BCUT2D eigenvalue weighted by Crippen LogP contribution is -2.69. The van der Waals surface area contributed by atoms with Crippen LogP contribution in [0.1, 0.15) is 36.0 Å². The number of hydrogen-bond acceptors (Lipinski definition) is 5. The minimum Gasteiger partial charge on any atom is -0.493 e. The van der Waals surface area contributed by atoms with E-state index in [0.29, 0.717) is 24.3 Å². The van der Waals surface area contributed by atoms with Crippen LogP contribution in [0.5, 0.6) is 11.5 Å². The molecule has 7 rings (SSSR count). The zero-order chi connectivity index (χ0) is 19.6. The van der Waals surface area contributed by atoms with E-state index < -0.39 is 17.1 Å². The Labute approximate surface area is 169 Å². The van der Waals surface area contributed by atoms with Crippen LogP contribution in [-0.4, -0.2) is 46.2 Å². The monoisotopic (exact) mass is 389 g/mol. The first kappa shape index (κ1) is 16.4. The summed E-state index contributed by atoms with van der Waals surface area (Å²) in [6.45, 7) is 0.835. The molecule has 148 valence electrons. The normalized spacial score (nSPS) is 42.1. The van der Waals surface area contributed by atoms with Crippen molar-refractivity contribution in [2.45, 2.75) is 60.9 Å². The van der Waals surface area contributed by atoms with Crippen molar-refractivity contribution >= 4 is 5.78 Å². The van der Waals surface area contributed by atoms with Crippen molar-refractivity contribution in [3.8, 4) is 11.5 Å². The summed E-state index contributed by atoms with van der Waals surface area (Å²) >= 11 is 0. The van der Waals surface area contributed by atoms with Crippen molar-refractivity contribution in [1.29, 1.82) is 0 Å². The maximum atomic E-state index is 13.0. The van der Waals surface area contributed by atoms with E-state index in [1.807, 2.05) is 12.1 Å². The molecule has 1 saturated heterocycles. The summed E-state index contributed by atoms with van der Waals surface area (Å²) in [6.07, 6.45) is 1.89. The van der Waals surface area contributed by atoms with Crippen LogP contribution in [0.25, 0.3) is 0 Å². The molecule has 3 aliphatic carbocycles. The topological polar surface area (TPSA) is 58.8 Å². The molecule has 2 saturated carbocycles. The molecule has 29 heavy (non-hydrogen) atoms. The van der Waals surface area contributed by atoms with Gasteiger partial charge in [0.15, 0.2) is 23.4 Å². The Balaban J connectivity index is 1.42. The van der Waals surface area contributed by atoms with Crippen molar-refractivity contribution in [3.63, 3.8) is 0 Å². The van der Waals surface area contributed by atoms with Gasteiger partial charge in [-0.15, -0.1) is 0 Å². The third kappa shape index (κ3) is 1.53. The Kier molecular flexibility index (Phi) is 2.75. The highest BCUT2D eigenvalue weighted by Crippen LogP contribution is 2.77. The second-order valence-corrected chi connectivity index (χ2v) is 9.36. The van der Waals surface area contributed by atoms with E-state index in [1.54, 1.807) is 7.11 Å². The second kappa shape index (κ2) is 4.85. The molecule has 6 atom stereocenters. The third-order valence-corrected chi connectivity index (χ3v) is 8.58. The van der Waals surface area contributed by atoms with Crippen molar-refractivity contribution in [3.05, 3.63) is 59.2 Å². The van der Waals surface area contributed by atoms with Crippen LogP contribution in [0.2, 0.25) is 0 Å². The van der Waals surface area contributed by atoms with Gasteiger partial charge in [0.2, 0.25) is 0 Å². The largest absolute Gasteiger partial charge is 0.493 e. The van der Waals surface area contributed by atoms with Crippen LogP contribution >= 0.6 is 0 Å². The van der Waals surface area contributed by atoms with Crippen LogP contribution < -0.4 is 9.47 Å². The lowest BCUT2D eigenvalue weighted by molar-refractivity contribution is -0.158. The molecule has 0 aromatic heterocycles. The van der Waals surface area contributed by atoms with Gasteiger partial charge in [0, 0.05) is 24.6 Å². The van der Waals surface area contributed by atoms with E-state index in [-0.39, 0.29) is 17.4 Å². The minimum absolute atomic E-state index is 0.117. The van der Waals surface area contributed by atoms with Crippen LogP contribution in [0, 0.1) is 0 Å². The summed E-state index contributed by atoms with van der Waals surface area (Å²) in [5, 5.41) is 12.3. The standard InChI is InChI=1S/C24H23NO4/c1-28-17-8-7-15-11-23-18(25(23)13-14-5-3-2-4-6-14)12-22-19(15)20(17)29-21(22)16(26)9-10-24(22,23)27/h2-8,18,21,27H,9-13H2,1H3/t18?,21-,22-,23?,24-,25?/m0/s1. The number of benzene rings is 2. The van der Waals surface area contributed by atoms with E-state index in [9.17, 15) is 9.90 Å². The first-order valence-electron chi connectivity index (χ1n) is 10.5. The number of aliphatic hydroxyl groups is 1. The fraction of sp³-hybridized carbons (Fsp3) is 0.458. The Morgan fingerprint density at radius 2 is 2.07 bits per heavy atom. The number of methoxy groups -OCH3 is 1. The van der Waals surface area contributed by atoms with Crippen molar-refractivity contribution in [1.82, 2.24) is 4.90 Å². The first-order valence-corrected chi connectivity index (χ1v) is 10.5. The molecule has 0 amide bonds. The van der Waals surface area contributed by atoms with Gasteiger partial charge in [0.05, 0.1) is 23.7 Å². The smallest absolute Gasteiger partial charge is 0.174 e. The van der Waals surface area contributed by atoms with Crippen LogP contribution in [0.4, 0.5) is 0 Å². The molecule has 2 spiro atoms. The van der Waals surface area contributed by atoms with Gasteiger partial charge in [-0.3, -0.25) is 9.69 Å². The van der Waals surface area contributed by atoms with E-state index in [0.717, 1.165) is 24.9 Å². The van der Waals surface area contributed by atoms with Gasteiger partial charge in [0.25, 0.3) is 0 Å². The highest BCUT2D eigenvalue weighted by atomic mass is 16.5. The number of piperidine rings is 1. The minimum atomic E-state index is -0.942. The fourth-order valence-corrected chi connectivity index (χ4v) is 7.51. The lowest BCUT2D eigenvalue weighted by Gasteiger charge is -2.54. The predicted octanol–water partition coefficient (Wildman–Crippen LogP) is 2.37. The maximum absolute atomic E-state index is 13.0. The van der Waals surface area contributed by atoms with Gasteiger partial charge in [0.1, 0.15) is 0 Å². The van der Waals surface area contributed by atoms with Crippen molar-refractivity contribution in [2.24, 2.45) is 0 Å². The number of carbonyl (C=O) groups is 1. The Hall–Kier alpha value is -2.37. The molecule has 5 aliphatic rings. The van der Waals surface area contributed by atoms with E-state index >= 15 is 0 Å². The first-order chi connectivity index (χ1) is 14.1. The summed E-state index contributed by atoms with van der Waals surface area (Å²) in [5.74, 6) is 1.47. The van der Waals surface area contributed by atoms with Crippen molar-refractivity contribution < 1.29 is 19.4 Å². The number of Topliss-reactive ketones (excluding diaryl/α,β-unsaturated/α-hetero) is 1. The van der Waals surface area contributed by atoms with Gasteiger partial charge in [-0.1, -0.05) is 36.4 Å². The Morgan fingerprint density at radius 1 is 1.24 bits per heavy atom. The Bertz CT molecular complexity index is 1080. The van der Waals surface area contributed by atoms with Gasteiger partial charge >= 0.3 is 0 Å². The molecule has 2 aromatic carbocycles. The highest BCUT2D eigenvalue weighted by molar-refractivity contribution is 5.91. The molecule has 3 unspecified atom stereocenters. The molecule has 5 nitrogen and oxygen atoms in total. The number of nitrogens with zero attached hydrogens (tertiary/aromatic N) is 1. The number of rotatable bonds is 3. The summed E-state index contributed by atoms with van der Waals surface area (Å²) in [7, 11) is 1.63. The SMILES string of the molecule is COc1ccc2c3c1O[C@H]1C(=O)CC[C@@]4(O)C5(C2)C(C[C@]314)N5Cc1ccccc1. The molecular formula is C24H23NO4. The van der Waals surface area contributed by atoms with Crippen molar-refractivity contribution in [2.75, 3.05) is 7.11 Å². The lowest BCUT2D eigenvalue weighted by atomic mass is 9.53. The fourth-order valence-electron chi connectivity index (χ4n) is 7.51. The number of ether oxygens (including phenoxy) is 2. The van der Waals surface area contributed by atoms with Gasteiger partial charge < -0.3 is 14.6 Å². The quantitative estimate of drug-likeness (QED) is 0.817. The molecule has 5 heteroatoms. The Morgan fingerprint density at radius 3 is 2.86 bits per heavy atom. The average Bonchev–Trinajstić information content (AvgIpc) is 3.08. The summed E-state index contributed by atoms with van der Waals surface area (Å²) in [6, 6.07) is 14.8. The number of ketones is 1. The zero-order valence-corrected chi connectivity index (χ0v) is 16.4. The van der Waals surface area contributed by atoms with E-state index in [2.05, 4.69) is 35.2 Å². The van der Waals surface area contributed by atoms with E-state index in [4.69, 9.17) is 9.47 Å². The predicted molar refractivity (Wildman–Crippen MR) is 105 cm³/mol. The molecule has 3 fully saturated rings. The number of likely N-dealkylation sites (tertiary alicyclic amines) is 1. The van der Waals surface area contributed by atoms with Gasteiger partial charge in [-0.2, -0.15) is 0 Å². The van der Waals surface area contributed by atoms with Gasteiger partial charge in [-0.05, 0) is 36.5 Å². The zero-order valence-electron chi connectivity index (χ0n) is 16.4. The average molecular weight is 389 g/mol. The second-order valence-electron chi connectivity index (χ2n) is 9.36. The number of carbonyl (C=O) groups excluding carboxylic acids is 1. The van der Waals surface area contributed by atoms with Crippen LogP contribution in [-0.2, 0) is 23.2 Å². The molecule has 2 bridgehead atoms. The number of hydrogen-bond donors (Lipinski definition) is 1.